The summed E-state index contributed by atoms with van der Waals surface area (Å²) in [7, 11) is 3.13. The van der Waals surface area contributed by atoms with Crippen LogP contribution in [0.3, 0.4) is 0 Å². The zero-order valence-corrected chi connectivity index (χ0v) is 18.5. The molecule has 2 amide bonds. The van der Waals surface area contributed by atoms with Crippen molar-refractivity contribution in [2.45, 2.75) is 26.7 Å². The molecule has 6 nitrogen and oxygen atoms in total. The lowest BCUT2D eigenvalue weighted by molar-refractivity contribution is -0.120. The molecule has 0 radical (unpaired) electrons. The van der Waals surface area contributed by atoms with E-state index in [0.717, 1.165) is 31.5 Å². The van der Waals surface area contributed by atoms with Crippen LogP contribution in [-0.2, 0) is 9.59 Å². The van der Waals surface area contributed by atoms with E-state index in [9.17, 15) is 9.59 Å². The van der Waals surface area contributed by atoms with Crippen LogP contribution in [-0.4, -0.2) is 44.0 Å². The zero-order valence-electron chi connectivity index (χ0n) is 18.5. The number of amides is 2. The highest BCUT2D eigenvalue weighted by Gasteiger charge is 2.43. The highest BCUT2D eigenvalue weighted by molar-refractivity contribution is 6.45. The van der Waals surface area contributed by atoms with E-state index in [4.69, 9.17) is 9.47 Å². The fourth-order valence-corrected chi connectivity index (χ4v) is 4.30. The summed E-state index contributed by atoms with van der Waals surface area (Å²) in [6, 6.07) is 12.8. The number of methoxy groups -OCH3 is 2. The molecule has 0 spiro atoms. The lowest BCUT2D eigenvalue weighted by atomic mass is 9.97. The smallest absolute Gasteiger partial charge is 0.282 e. The molecule has 0 N–H and O–H groups in total. The van der Waals surface area contributed by atoms with Crippen molar-refractivity contribution < 1.29 is 19.1 Å². The molecular formula is C25H28N2O4. The zero-order chi connectivity index (χ0) is 22.1. The van der Waals surface area contributed by atoms with Crippen LogP contribution in [0.4, 0.5) is 5.69 Å². The van der Waals surface area contributed by atoms with Crippen molar-refractivity contribution in [1.82, 2.24) is 4.90 Å². The maximum Gasteiger partial charge on any atom is 0.282 e. The first-order valence-electron chi connectivity index (χ1n) is 10.6. The summed E-state index contributed by atoms with van der Waals surface area (Å²) in [5.74, 6) is 1.13. The minimum absolute atomic E-state index is 0.269. The second-order valence-corrected chi connectivity index (χ2v) is 8.25. The molecule has 1 saturated heterocycles. The molecule has 2 aromatic carbocycles. The summed E-state index contributed by atoms with van der Waals surface area (Å²) in [6.07, 6.45) is 1.99. The van der Waals surface area contributed by atoms with Crippen LogP contribution in [0.5, 0.6) is 11.5 Å². The molecule has 0 unspecified atom stereocenters. The van der Waals surface area contributed by atoms with Gasteiger partial charge in [-0.2, -0.15) is 0 Å². The van der Waals surface area contributed by atoms with E-state index in [-0.39, 0.29) is 11.8 Å². The molecular weight excluding hydrogens is 392 g/mol. The van der Waals surface area contributed by atoms with E-state index in [1.165, 1.54) is 4.90 Å². The average molecular weight is 421 g/mol. The number of rotatable bonds is 5. The largest absolute Gasteiger partial charge is 0.493 e. The Kier molecular flexibility index (Phi) is 5.72. The Balaban J connectivity index is 1.84. The van der Waals surface area contributed by atoms with Gasteiger partial charge in [0.05, 0.1) is 25.5 Å². The summed E-state index contributed by atoms with van der Waals surface area (Å²) in [5, 5.41) is 0. The molecule has 2 aliphatic heterocycles. The first-order chi connectivity index (χ1) is 14.9. The minimum atomic E-state index is -0.309. The number of carbonyl (C=O) groups is 2. The third-order valence-electron chi connectivity index (χ3n) is 6.09. The molecule has 0 aliphatic carbocycles. The van der Waals surface area contributed by atoms with Crippen LogP contribution < -0.4 is 14.4 Å². The maximum absolute atomic E-state index is 13.6. The Labute approximate surface area is 183 Å². The summed E-state index contributed by atoms with van der Waals surface area (Å²) in [6.45, 7) is 5.69. The molecule has 6 heteroatoms. The van der Waals surface area contributed by atoms with Gasteiger partial charge in [-0.05, 0) is 61.1 Å². The van der Waals surface area contributed by atoms with Gasteiger partial charge < -0.3 is 14.4 Å². The number of benzene rings is 2. The molecule has 4 rings (SSSR count). The lowest BCUT2D eigenvalue weighted by Gasteiger charge is -2.32. The van der Waals surface area contributed by atoms with Gasteiger partial charge in [0.1, 0.15) is 5.70 Å². The topological polar surface area (TPSA) is 59.1 Å². The van der Waals surface area contributed by atoms with Gasteiger partial charge in [0.25, 0.3) is 11.8 Å². The SMILES string of the molecule is COc1ccc(C2=C(N3CCC(C)CC3)C(=O)N(c3cccc(C)c3)C2=O)cc1OC. The number of imide groups is 1. The number of hydrogen-bond donors (Lipinski definition) is 0. The quantitative estimate of drug-likeness (QED) is 0.684. The van der Waals surface area contributed by atoms with Gasteiger partial charge in [-0.15, -0.1) is 0 Å². The summed E-state index contributed by atoms with van der Waals surface area (Å²) in [4.78, 5) is 30.6. The summed E-state index contributed by atoms with van der Waals surface area (Å²) < 4.78 is 10.8. The van der Waals surface area contributed by atoms with Crippen LogP contribution >= 0.6 is 0 Å². The van der Waals surface area contributed by atoms with E-state index in [0.29, 0.717) is 39.9 Å². The standard InChI is InChI=1S/C25H28N2O4/c1-16-10-12-26(13-11-16)23-22(18-8-9-20(30-3)21(15-18)31-4)24(28)27(25(23)29)19-7-5-6-17(2)14-19/h5-9,14-16H,10-13H2,1-4H3. The number of likely N-dealkylation sites (tertiary alicyclic amines) is 1. The van der Waals surface area contributed by atoms with Crippen molar-refractivity contribution in [2.24, 2.45) is 5.92 Å². The van der Waals surface area contributed by atoms with E-state index in [1.807, 2.05) is 31.2 Å². The maximum atomic E-state index is 13.6. The van der Waals surface area contributed by atoms with Crippen molar-refractivity contribution >= 4 is 23.1 Å². The molecule has 1 fully saturated rings. The van der Waals surface area contributed by atoms with Crippen LogP contribution in [0.25, 0.3) is 5.57 Å². The highest BCUT2D eigenvalue weighted by atomic mass is 16.5. The normalized spacial score (nSPS) is 17.5. The van der Waals surface area contributed by atoms with Crippen LogP contribution in [0.1, 0.15) is 30.9 Å². The van der Waals surface area contributed by atoms with Crippen LogP contribution in [0.15, 0.2) is 48.2 Å². The molecule has 0 atom stereocenters. The Hall–Kier alpha value is -3.28. The van der Waals surface area contributed by atoms with E-state index >= 15 is 0 Å². The van der Waals surface area contributed by atoms with Crippen molar-refractivity contribution in [3.8, 4) is 11.5 Å². The van der Waals surface area contributed by atoms with Gasteiger partial charge in [-0.1, -0.05) is 25.1 Å². The Bertz CT molecular complexity index is 1050. The molecule has 162 valence electrons. The lowest BCUT2D eigenvalue weighted by Crippen LogP contribution is -2.38. The minimum Gasteiger partial charge on any atom is -0.493 e. The third-order valence-corrected chi connectivity index (χ3v) is 6.09. The average Bonchev–Trinajstić information content (AvgIpc) is 3.03. The molecule has 0 aromatic heterocycles. The number of hydrogen-bond acceptors (Lipinski definition) is 5. The van der Waals surface area contributed by atoms with Crippen LogP contribution in [0.2, 0.25) is 0 Å². The van der Waals surface area contributed by atoms with Crippen molar-refractivity contribution in [1.29, 1.82) is 0 Å². The molecule has 2 heterocycles. The second-order valence-electron chi connectivity index (χ2n) is 8.25. The highest BCUT2D eigenvalue weighted by Crippen LogP contribution is 2.39. The molecule has 2 aliphatic rings. The van der Waals surface area contributed by atoms with E-state index in [2.05, 4.69) is 11.8 Å². The first kappa shape index (κ1) is 21.0. The van der Waals surface area contributed by atoms with Gasteiger partial charge in [0.15, 0.2) is 11.5 Å². The second kappa shape index (κ2) is 8.46. The fourth-order valence-electron chi connectivity index (χ4n) is 4.30. The van der Waals surface area contributed by atoms with Gasteiger partial charge in [0, 0.05) is 13.1 Å². The third kappa shape index (κ3) is 3.78. The number of nitrogens with zero attached hydrogens (tertiary/aromatic N) is 2. The number of anilines is 1. The summed E-state index contributed by atoms with van der Waals surface area (Å²) >= 11 is 0. The van der Waals surface area contributed by atoms with Gasteiger partial charge in [0.2, 0.25) is 0 Å². The first-order valence-corrected chi connectivity index (χ1v) is 10.6. The predicted octanol–water partition coefficient (Wildman–Crippen LogP) is 4.03. The number of piperidine rings is 1. The number of ether oxygens (including phenoxy) is 2. The van der Waals surface area contributed by atoms with Gasteiger partial charge in [-0.25, -0.2) is 4.90 Å². The van der Waals surface area contributed by atoms with E-state index < -0.39 is 0 Å². The number of aryl methyl sites for hydroxylation is 1. The Morgan fingerprint density at radius 2 is 1.61 bits per heavy atom. The Morgan fingerprint density at radius 1 is 0.903 bits per heavy atom. The molecule has 0 bridgehead atoms. The van der Waals surface area contributed by atoms with Crippen molar-refractivity contribution in [3.63, 3.8) is 0 Å². The van der Waals surface area contributed by atoms with Crippen molar-refractivity contribution in [2.75, 3.05) is 32.2 Å². The monoisotopic (exact) mass is 420 g/mol. The fraction of sp³-hybridized carbons (Fsp3) is 0.360. The Morgan fingerprint density at radius 3 is 2.26 bits per heavy atom. The predicted molar refractivity (Wildman–Crippen MR) is 120 cm³/mol. The summed E-state index contributed by atoms with van der Waals surface area (Å²) in [5.41, 5.74) is 3.13. The van der Waals surface area contributed by atoms with Crippen LogP contribution in [0, 0.1) is 12.8 Å². The van der Waals surface area contributed by atoms with Crippen molar-refractivity contribution in [3.05, 3.63) is 59.3 Å². The molecule has 0 saturated carbocycles. The molecule has 31 heavy (non-hydrogen) atoms. The molecule has 2 aromatic rings. The van der Waals surface area contributed by atoms with Gasteiger partial charge in [-0.3, -0.25) is 9.59 Å². The van der Waals surface area contributed by atoms with Gasteiger partial charge >= 0.3 is 0 Å². The number of carbonyl (C=O) groups excluding carboxylic acids is 2. The van der Waals surface area contributed by atoms with E-state index in [1.54, 1.807) is 32.4 Å².